The minimum Gasteiger partial charge on any atom is -0.476 e. The van der Waals surface area contributed by atoms with Gasteiger partial charge in [-0.3, -0.25) is 9.89 Å². The number of hydrogen-bond donors (Lipinski definition) is 4. The lowest BCUT2D eigenvalue weighted by molar-refractivity contribution is 0.0691. The number of carbonyl (C=O) groups excluding carboxylic acids is 1. The number of carboxylic acids is 1. The molecule has 3 rings (SSSR count). The topological polar surface area (TPSA) is 121 Å². The SMILES string of the molecule is Nc1ccc(F)cc1.O=C(O)c1[nH]ncc1NC(=O)c1c(F)cccc1F. The fourth-order valence-electron chi connectivity index (χ4n) is 1.91. The van der Waals surface area contributed by atoms with Gasteiger partial charge in [-0.15, -0.1) is 0 Å². The molecule has 140 valence electrons. The molecule has 0 saturated carbocycles. The molecule has 0 bridgehead atoms. The van der Waals surface area contributed by atoms with E-state index in [1.807, 2.05) is 0 Å². The average molecular weight is 378 g/mol. The van der Waals surface area contributed by atoms with Crippen LogP contribution in [0.25, 0.3) is 0 Å². The number of aromatic nitrogens is 2. The Morgan fingerprint density at radius 2 is 1.63 bits per heavy atom. The molecule has 0 aliphatic carbocycles. The number of H-pyrrole nitrogens is 1. The summed E-state index contributed by atoms with van der Waals surface area (Å²) in [5.74, 6) is -4.80. The lowest BCUT2D eigenvalue weighted by atomic mass is 10.2. The van der Waals surface area contributed by atoms with Crippen LogP contribution in [0.4, 0.5) is 24.5 Å². The lowest BCUT2D eigenvalue weighted by Crippen LogP contribution is -2.17. The Hall–Kier alpha value is -3.82. The molecule has 10 heteroatoms. The summed E-state index contributed by atoms with van der Waals surface area (Å²) in [6.07, 6.45) is 1.03. The molecular formula is C17H13F3N4O3. The first-order valence-corrected chi connectivity index (χ1v) is 7.32. The molecule has 5 N–H and O–H groups in total. The van der Waals surface area contributed by atoms with Gasteiger partial charge in [0.05, 0.1) is 11.9 Å². The van der Waals surface area contributed by atoms with E-state index in [1.54, 1.807) is 0 Å². The molecule has 1 amide bonds. The fraction of sp³-hybridized carbons (Fsp3) is 0. The number of nitrogen functional groups attached to an aromatic ring is 1. The number of nitrogens with zero attached hydrogens (tertiary/aromatic N) is 1. The standard InChI is InChI=1S/C11H7F2N3O3.C6H6FN/c12-5-2-1-3-6(13)8(5)10(17)15-7-4-14-16-9(7)11(18)19;7-5-1-3-6(8)4-2-5/h1-4H,(H,14,16)(H,15,17)(H,18,19);1-4H,8H2. The first-order valence-electron chi connectivity index (χ1n) is 7.32. The summed E-state index contributed by atoms with van der Waals surface area (Å²) in [6, 6.07) is 8.66. The van der Waals surface area contributed by atoms with Crippen LogP contribution in [-0.4, -0.2) is 27.2 Å². The molecule has 3 aromatic rings. The summed E-state index contributed by atoms with van der Waals surface area (Å²) >= 11 is 0. The summed E-state index contributed by atoms with van der Waals surface area (Å²) in [5.41, 5.74) is 4.49. The lowest BCUT2D eigenvalue weighted by Gasteiger charge is -2.05. The van der Waals surface area contributed by atoms with E-state index in [0.717, 1.165) is 24.4 Å². The Morgan fingerprint density at radius 3 is 2.15 bits per heavy atom. The van der Waals surface area contributed by atoms with Crippen molar-refractivity contribution >= 4 is 23.3 Å². The van der Waals surface area contributed by atoms with Gasteiger partial charge >= 0.3 is 5.97 Å². The Balaban J connectivity index is 0.000000273. The number of carboxylic acid groups (broad SMARTS) is 1. The maximum Gasteiger partial charge on any atom is 0.356 e. The molecule has 0 spiro atoms. The third-order valence-electron chi connectivity index (χ3n) is 3.16. The van der Waals surface area contributed by atoms with Gasteiger partial charge in [-0.05, 0) is 36.4 Å². The molecule has 0 atom stereocenters. The Labute approximate surface area is 150 Å². The number of nitrogens with one attached hydrogen (secondary N) is 2. The Kier molecular flexibility index (Phi) is 6.15. The van der Waals surface area contributed by atoms with Gasteiger partial charge < -0.3 is 16.2 Å². The number of halogens is 3. The molecule has 1 heterocycles. The van der Waals surface area contributed by atoms with Crippen LogP contribution in [0.2, 0.25) is 0 Å². The van der Waals surface area contributed by atoms with Crippen LogP contribution in [0.3, 0.4) is 0 Å². The highest BCUT2D eigenvalue weighted by atomic mass is 19.1. The predicted octanol–water partition coefficient (Wildman–Crippen LogP) is 3.05. The van der Waals surface area contributed by atoms with Crippen LogP contribution < -0.4 is 11.1 Å². The molecule has 0 unspecified atom stereocenters. The molecule has 0 aliphatic rings. The van der Waals surface area contributed by atoms with E-state index in [0.29, 0.717) is 5.69 Å². The number of carbonyl (C=O) groups is 2. The first-order chi connectivity index (χ1) is 12.8. The highest BCUT2D eigenvalue weighted by molar-refractivity contribution is 6.07. The van der Waals surface area contributed by atoms with Crippen molar-refractivity contribution in [2.24, 2.45) is 0 Å². The van der Waals surface area contributed by atoms with Crippen LogP contribution in [0, 0.1) is 17.5 Å². The minimum atomic E-state index is -1.36. The monoisotopic (exact) mass is 378 g/mol. The van der Waals surface area contributed by atoms with Gasteiger partial charge in [0.25, 0.3) is 5.91 Å². The van der Waals surface area contributed by atoms with E-state index >= 15 is 0 Å². The van der Waals surface area contributed by atoms with Gasteiger partial charge in [0.2, 0.25) is 0 Å². The Bertz CT molecular complexity index is 917. The Morgan fingerprint density at radius 1 is 1.04 bits per heavy atom. The van der Waals surface area contributed by atoms with Crippen molar-refractivity contribution in [2.75, 3.05) is 11.1 Å². The minimum absolute atomic E-state index is 0.180. The van der Waals surface area contributed by atoms with Crippen molar-refractivity contribution in [3.05, 3.63) is 77.4 Å². The second-order valence-electron chi connectivity index (χ2n) is 5.07. The van der Waals surface area contributed by atoms with Crippen LogP contribution in [0.5, 0.6) is 0 Å². The molecule has 0 radical (unpaired) electrons. The van der Waals surface area contributed by atoms with E-state index in [9.17, 15) is 22.8 Å². The van der Waals surface area contributed by atoms with Crippen molar-refractivity contribution in [1.82, 2.24) is 10.2 Å². The van der Waals surface area contributed by atoms with E-state index in [2.05, 4.69) is 15.5 Å². The molecule has 1 aromatic heterocycles. The van der Waals surface area contributed by atoms with Crippen molar-refractivity contribution in [1.29, 1.82) is 0 Å². The normalized spacial score (nSPS) is 9.89. The van der Waals surface area contributed by atoms with E-state index in [-0.39, 0.29) is 17.2 Å². The molecule has 0 fully saturated rings. The number of hydrogen-bond acceptors (Lipinski definition) is 4. The highest BCUT2D eigenvalue weighted by Crippen LogP contribution is 2.17. The highest BCUT2D eigenvalue weighted by Gasteiger charge is 2.20. The molecule has 2 aromatic carbocycles. The summed E-state index contributed by atoms with van der Waals surface area (Å²) in [5, 5.41) is 16.4. The maximum absolute atomic E-state index is 13.3. The van der Waals surface area contributed by atoms with Gasteiger partial charge in [-0.25, -0.2) is 18.0 Å². The molecule has 0 aliphatic heterocycles. The van der Waals surface area contributed by atoms with Crippen LogP contribution in [-0.2, 0) is 0 Å². The van der Waals surface area contributed by atoms with E-state index in [1.165, 1.54) is 24.3 Å². The zero-order valence-electron chi connectivity index (χ0n) is 13.5. The van der Waals surface area contributed by atoms with Crippen molar-refractivity contribution in [3.63, 3.8) is 0 Å². The van der Waals surface area contributed by atoms with Gasteiger partial charge in [0.15, 0.2) is 5.69 Å². The number of benzene rings is 2. The maximum atomic E-state index is 13.3. The summed E-state index contributed by atoms with van der Waals surface area (Å²) in [6.45, 7) is 0. The fourth-order valence-corrected chi connectivity index (χ4v) is 1.91. The predicted molar refractivity (Wildman–Crippen MR) is 90.7 cm³/mol. The number of aromatic amines is 1. The quantitative estimate of drug-likeness (QED) is 0.522. The molecule has 7 nitrogen and oxygen atoms in total. The summed E-state index contributed by atoms with van der Waals surface area (Å²) in [4.78, 5) is 22.5. The van der Waals surface area contributed by atoms with Crippen LogP contribution >= 0.6 is 0 Å². The van der Waals surface area contributed by atoms with E-state index in [4.69, 9.17) is 10.8 Å². The largest absolute Gasteiger partial charge is 0.476 e. The number of anilines is 2. The average Bonchev–Trinajstić information content (AvgIpc) is 3.06. The summed E-state index contributed by atoms with van der Waals surface area (Å²) < 4.78 is 38.7. The summed E-state index contributed by atoms with van der Waals surface area (Å²) in [7, 11) is 0. The zero-order valence-corrected chi connectivity index (χ0v) is 13.5. The van der Waals surface area contributed by atoms with Crippen molar-refractivity contribution < 1.29 is 27.9 Å². The van der Waals surface area contributed by atoms with Gasteiger partial charge in [0, 0.05) is 5.69 Å². The number of amides is 1. The van der Waals surface area contributed by atoms with Gasteiger partial charge in [-0.2, -0.15) is 5.10 Å². The first kappa shape index (κ1) is 19.5. The third kappa shape index (κ3) is 5.08. The second-order valence-corrected chi connectivity index (χ2v) is 5.07. The van der Waals surface area contributed by atoms with Crippen LogP contribution in [0.15, 0.2) is 48.7 Å². The third-order valence-corrected chi connectivity index (χ3v) is 3.16. The molecule has 0 saturated heterocycles. The number of aromatic carboxylic acids is 1. The van der Waals surface area contributed by atoms with E-state index < -0.39 is 29.1 Å². The molecule has 27 heavy (non-hydrogen) atoms. The van der Waals surface area contributed by atoms with Gasteiger partial charge in [-0.1, -0.05) is 6.07 Å². The van der Waals surface area contributed by atoms with Crippen molar-refractivity contribution in [2.45, 2.75) is 0 Å². The number of nitrogens with two attached hydrogens (primary N) is 1. The van der Waals surface area contributed by atoms with Crippen molar-refractivity contribution in [3.8, 4) is 0 Å². The molecular weight excluding hydrogens is 365 g/mol. The van der Waals surface area contributed by atoms with Gasteiger partial charge in [0.1, 0.15) is 23.0 Å². The number of rotatable bonds is 3. The second kappa shape index (κ2) is 8.52. The zero-order chi connectivity index (χ0) is 20.0. The van der Waals surface area contributed by atoms with Crippen LogP contribution in [0.1, 0.15) is 20.8 Å². The smallest absolute Gasteiger partial charge is 0.356 e.